The molecule has 0 fully saturated rings. The molecule has 0 aliphatic carbocycles. The quantitative estimate of drug-likeness (QED) is 0.786. The van der Waals surface area contributed by atoms with Crippen LogP contribution in [0.1, 0.15) is 25.1 Å². The molecule has 0 unspecified atom stereocenters. The van der Waals surface area contributed by atoms with Gasteiger partial charge in [-0.05, 0) is 32.4 Å². The van der Waals surface area contributed by atoms with Crippen molar-refractivity contribution < 1.29 is 14.3 Å². The van der Waals surface area contributed by atoms with Gasteiger partial charge in [0.1, 0.15) is 0 Å². The van der Waals surface area contributed by atoms with Crippen molar-refractivity contribution in [2.45, 2.75) is 33.4 Å². The first-order valence-corrected chi connectivity index (χ1v) is 8.83. The third-order valence-electron chi connectivity index (χ3n) is 4.39. The van der Waals surface area contributed by atoms with Gasteiger partial charge in [0.15, 0.2) is 18.1 Å². The zero-order valence-electron chi connectivity index (χ0n) is 15.1. The highest BCUT2D eigenvalue weighted by atomic mass is 16.5. The van der Waals surface area contributed by atoms with Crippen molar-refractivity contribution in [3.8, 4) is 11.5 Å². The molecule has 7 heteroatoms. The second-order valence-electron chi connectivity index (χ2n) is 5.99. The van der Waals surface area contributed by atoms with E-state index in [2.05, 4.69) is 4.98 Å². The minimum absolute atomic E-state index is 0.00788. The van der Waals surface area contributed by atoms with Crippen LogP contribution in [0.25, 0.3) is 0 Å². The Morgan fingerprint density at radius 3 is 2.62 bits per heavy atom. The van der Waals surface area contributed by atoms with Gasteiger partial charge in [-0.25, -0.2) is 4.98 Å². The number of rotatable bonds is 6. The van der Waals surface area contributed by atoms with Gasteiger partial charge in [-0.2, -0.15) is 0 Å². The first-order chi connectivity index (χ1) is 12.6. The number of carbonyl (C=O) groups excluding carboxylic acids is 1. The molecule has 1 aliphatic rings. The van der Waals surface area contributed by atoms with Crippen LogP contribution in [0.2, 0.25) is 0 Å². The predicted molar refractivity (Wildman–Crippen MR) is 96.4 cm³/mol. The van der Waals surface area contributed by atoms with Crippen LogP contribution in [-0.4, -0.2) is 40.1 Å². The zero-order chi connectivity index (χ0) is 18.5. The van der Waals surface area contributed by atoms with E-state index in [-0.39, 0.29) is 18.1 Å². The summed E-state index contributed by atoms with van der Waals surface area (Å²) >= 11 is 0. The molecule has 138 valence electrons. The standard InChI is InChI=1S/C19H23N3O4/c1-3-21-13-20-15-11-22(10-9-14(15)19(21)24)18(23)12-26-17-8-6-5-7-16(17)25-4-2/h5-8,13H,3-4,9-12H2,1-2H3. The lowest BCUT2D eigenvalue weighted by atomic mass is 10.1. The van der Waals surface area contributed by atoms with Crippen molar-refractivity contribution in [3.63, 3.8) is 0 Å². The van der Waals surface area contributed by atoms with E-state index in [9.17, 15) is 9.59 Å². The normalized spacial score (nSPS) is 13.2. The number of para-hydroxylation sites is 2. The second-order valence-corrected chi connectivity index (χ2v) is 5.99. The Labute approximate surface area is 152 Å². The molecule has 0 N–H and O–H groups in total. The Morgan fingerprint density at radius 2 is 1.92 bits per heavy atom. The van der Waals surface area contributed by atoms with E-state index in [0.29, 0.717) is 55.4 Å². The average molecular weight is 357 g/mol. The van der Waals surface area contributed by atoms with E-state index in [1.54, 1.807) is 21.9 Å². The summed E-state index contributed by atoms with van der Waals surface area (Å²) in [7, 11) is 0. The number of aryl methyl sites for hydroxylation is 1. The highest BCUT2D eigenvalue weighted by molar-refractivity contribution is 5.78. The summed E-state index contributed by atoms with van der Waals surface area (Å²) in [5, 5.41) is 0. The molecule has 3 rings (SSSR count). The largest absolute Gasteiger partial charge is 0.490 e. The van der Waals surface area contributed by atoms with Gasteiger partial charge in [0.25, 0.3) is 11.5 Å². The fourth-order valence-corrected chi connectivity index (χ4v) is 2.97. The van der Waals surface area contributed by atoms with Crippen LogP contribution in [0.4, 0.5) is 0 Å². The lowest BCUT2D eigenvalue weighted by Gasteiger charge is -2.28. The van der Waals surface area contributed by atoms with Crippen LogP contribution < -0.4 is 15.0 Å². The fourth-order valence-electron chi connectivity index (χ4n) is 2.97. The number of nitrogens with zero attached hydrogens (tertiary/aromatic N) is 3. The first-order valence-electron chi connectivity index (χ1n) is 8.83. The summed E-state index contributed by atoms with van der Waals surface area (Å²) in [6.07, 6.45) is 2.06. The van der Waals surface area contributed by atoms with Crippen LogP contribution in [-0.2, 0) is 24.3 Å². The number of ether oxygens (including phenoxy) is 2. The van der Waals surface area contributed by atoms with E-state index in [4.69, 9.17) is 9.47 Å². The van der Waals surface area contributed by atoms with Gasteiger partial charge in [0.2, 0.25) is 0 Å². The maximum Gasteiger partial charge on any atom is 0.260 e. The number of aromatic nitrogens is 2. The minimum Gasteiger partial charge on any atom is -0.490 e. The summed E-state index contributed by atoms with van der Waals surface area (Å²) in [6, 6.07) is 7.28. The van der Waals surface area contributed by atoms with Gasteiger partial charge in [-0.3, -0.25) is 14.2 Å². The SMILES string of the molecule is CCOc1ccccc1OCC(=O)N1CCc2c(ncn(CC)c2=O)C1. The molecule has 0 saturated carbocycles. The summed E-state index contributed by atoms with van der Waals surface area (Å²) in [5.41, 5.74) is 1.38. The van der Waals surface area contributed by atoms with Crippen molar-refractivity contribution in [3.05, 3.63) is 52.2 Å². The van der Waals surface area contributed by atoms with Crippen molar-refractivity contribution in [1.29, 1.82) is 0 Å². The molecule has 1 aromatic heterocycles. The first kappa shape index (κ1) is 18.0. The van der Waals surface area contributed by atoms with Crippen LogP contribution in [0.3, 0.4) is 0 Å². The molecular weight excluding hydrogens is 334 g/mol. The van der Waals surface area contributed by atoms with Gasteiger partial charge in [0.05, 0.1) is 25.2 Å². The molecule has 1 aliphatic heterocycles. The van der Waals surface area contributed by atoms with E-state index >= 15 is 0 Å². The molecule has 1 aromatic carbocycles. The van der Waals surface area contributed by atoms with E-state index in [1.165, 1.54) is 0 Å². The number of fused-ring (bicyclic) bond motifs is 1. The van der Waals surface area contributed by atoms with Gasteiger partial charge in [-0.15, -0.1) is 0 Å². The Bertz CT molecular complexity index is 847. The maximum atomic E-state index is 12.5. The average Bonchev–Trinajstić information content (AvgIpc) is 2.67. The fraction of sp³-hybridized carbons (Fsp3) is 0.421. The smallest absolute Gasteiger partial charge is 0.260 e. The molecule has 7 nitrogen and oxygen atoms in total. The third kappa shape index (κ3) is 3.71. The minimum atomic E-state index is -0.136. The van der Waals surface area contributed by atoms with E-state index in [0.717, 1.165) is 0 Å². The summed E-state index contributed by atoms with van der Waals surface area (Å²) in [6.45, 7) is 5.67. The number of hydrogen-bond acceptors (Lipinski definition) is 5. The molecule has 0 spiro atoms. The number of benzene rings is 1. The highest BCUT2D eigenvalue weighted by Gasteiger charge is 2.24. The van der Waals surface area contributed by atoms with Crippen molar-refractivity contribution in [1.82, 2.24) is 14.5 Å². The van der Waals surface area contributed by atoms with E-state index < -0.39 is 0 Å². The monoisotopic (exact) mass is 357 g/mol. The Morgan fingerprint density at radius 1 is 1.19 bits per heavy atom. The molecule has 0 bridgehead atoms. The number of carbonyl (C=O) groups is 1. The molecule has 2 aromatic rings. The molecule has 0 saturated heterocycles. The summed E-state index contributed by atoms with van der Waals surface area (Å²) in [4.78, 5) is 30.8. The lowest BCUT2D eigenvalue weighted by Crippen LogP contribution is -2.42. The molecular formula is C19H23N3O4. The Balaban J connectivity index is 1.65. The molecule has 1 amide bonds. The molecule has 2 heterocycles. The zero-order valence-corrected chi connectivity index (χ0v) is 15.1. The van der Waals surface area contributed by atoms with Crippen LogP contribution >= 0.6 is 0 Å². The molecule has 0 atom stereocenters. The topological polar surface area (TPSA) is 73.7 Å². The van der Waals surface area contributed by atoms with Crippen molar-refractivity contribution >= 4 is 5.91 Å². The predicted octanol–water partition coefficient (Wildman–Crippen LogP) is 1.63. The number of amides is 1. The third-order valence-corrected chi connectivity index (χ3v) is 4.39. The van der Waals surface area contributed by atoms with Crippen LogP contribution in [0, 0.1) is 0 Å². The van der Waals surface area contributed by atoms with Crippen LogP contribution in [0.15, 0.2) is 35.4 Å². The van der Waals surface area contributed by atoms with Crippen LogP contribution in [0.5, 0.6) is 11.5 Å². The Hall–Kier alpha value is -2.83. The second kappa shape index (κ2) is 8.03. The van der Waals surface area contributed by atoms with Crippen molar-refractivity contribution in [2.24, 2.45) is 0 Å². The van der Waals surface area contributed by atoms with Gasteiger partial charge >= 0.3 is 0 Å². The summed E-state index contributed by atoms with van der Waals surface area (Å²) in [5.74, 6) is 1.03. The molecule has 0 radical (unpaired) electrons. The highest BCUT2D eigenvalue weighted by Crippen LogP contribution is 2.26. The van der Waals surface area contributed by atoms with Gasteiger partial charge in [-0.1, -0.05) is 12.1 Å². The number of hydrogen-bond donors (Lipinski definition) is 0. The molecule has 26 heavy (non-hydrogen) atoms. The summed E-state index contributed by atoms with van der Waals surface area (Å²) < 4.78 is 12.7. The lowest BCUT2D eigenvalue weighted by molar-refractivity contribution is -0.134. The van der Waals surface area contributed by atoms with Gasteiger partial charge < -0.3 is 14.4 Å². The van der Waals surface area contributed by atoms with E-state index in [1.807, 2.05) is 32.0 Å². The van der Waals surface area contributed by atoms with Crippen molar-refractivity contribution in [2.75, 3.05) is 19.8 Å². The maximum absolute atomic E-state index is 12.5. The Kier molecular flexibility index (Phi) is 5.55. The van der Waals surface area contributed by atoms with Gasteiger partial charge in [0, 0.05) is 18.7 Å².